The molecule has 1 heterocycles. The van der Waals surface area contributed by atoms with Crippen molar-refractivity contribution < 1.29 is 4.74 Å². The van der Waals surface area contributed by atoms with Crippen LogP contribution < -0.4 is 10.5 Å². The monoisotopic (exact) mass is 257 g/mol. The van der Waals surface area contributed by atoms with Crippen molar-refractivity contribution in [3.63, 3.8) is 0 Å². The number of imidazole rings is 1. The van der Waals surface area contributed by atoms with E-state index in [9.17, 15) is 0 Å². The van der Waals surface area contributed by atoms with Crippen LogP contribution in [0.3, 0.4) is 0 Å². The third-order valence-electron chi connectivity index (χ3n) is 2.68. The number of nitrogen functional groups attached to an aromatic ring is 1. The number of nitrogens with two attached hydrogens (primary N) is 1. The molecule has 2 aromatic rings. The lowest BCUT2D eigenvalue weighted by Crippen LogP contribution is -2.05. The zero-order valence-electron chi connectivity index (χ0n) is 11.3. The molecule has 2 rings (SSSR count). The van der Waals surface area contributed by atoms with Gasteiger partial charge in [0.1, 0.15) is 17.3 Å². The molecule has 4 nitrogen and oxygen atoms in total. The number of anilines is 1. The Labute approximate surface area is 113 Å². The van der Waals surface area contributed by atoms with E-state index in [-0.39, 0.29) is 6.10 Å². The van der Waals surface area contributed by atoms with Crippen molar-refractivity contribution in [1.29, 1.82) is 0 Å². The highest BCUT2D eigenvalue weighted by molar-refractivity contribution is 5.71. The van der Waals surface area contributed by atoms with Gasteiger partial charge in [0, 0.05) is 12.1 Å². The van der Waals surface area contributed by atoms with Gasteiger partial charge in [0.25, 0.3) is 0 Å². The summed E-state index contributed by atoms with van der Waals surface area (Å²) in [6, 6.07) is 7.81. The van der Waals surface area contributed by atoms with Gasteiger partial charge in [0.2, 0.25) is 0 Å². The molecule has 4 heteroatoms. The predicted octanol–water partition coefficient (Wildman–Crippen LogP) is 3.11. The second-order valence-electron chi connectivity index (χ2n) is 4.61. The number of hydrogen-bond donors (Lipinski definition) is 1. The molecule has 1 aromatic heterocycles. The molecule has 0 spiro atoms. The van der Waals surface area contributed by atoms with Crippen molar-refractivity contribution in [2.24, 2.45) is 0 Å². The number of ether oxygens (including phenoxy) is 1. The summed E-state index contributed by atoms with van der Waals surface area (Å²) in [5.41, 5.74) is 7.82. The summed E-state index contributed by atoms with van der Waals surface area (Å²) >= 11 is 0. The second-order valence-corrected chi connectivity index (χ2v) is 4.61. The molecule has 0 aliphatic carbocycles. The van der Waals surface area contributed by atoms with Gasteiger partial charge in [0.15, 0.2) is 0 Å². The van der Waals surface area contributed by atoms with Crippen LogP contribution in [0.4, 0.5) is 5.82 Å². The van der Waals surface area contributed by atoms with Crippen molar-refractivity contribution in [2.75, 3.05) is 5.73 Å². The molecule has 0 aliphatic rings. The lowest BCUT2D eigenvalue weighted by Gasteiger charge is -2.10. The first-order chi connectivity index (χ1) is 9.11. The SMILES string of the molecule is C=CCn1cnc(-c2cccc(OC(C)C)c2)c1N. The van der Waals surface area contributed by atoms with Crippen molar-refractivity contribution in [3.05, 3.63) is 43.2 Å². The van der Waals surface area contributed by atoms with Crippen molar-refractivity contribution in [3.8, 4) is 17.0 Å². The minimum Gasteiger partial charge on any atom is -0.491 e. The van der Waals surface area contributed by atoms with E-state index in [4.69, 9.17) is 10.5 Å². The maximum absolute atomic E-state index is 6.08. The number of rotatable bonds is 5. The lowest BCUT2D eigenvalue weighted by atomic mass is 10.1. The van der Waals surface area contributed by atoms with Crippen molar-refractivity contribution >= 4 is 5.82 Å². The highest BCUT2D eigenvalue weighted by Crippen LogP contribution is 2.27. The third kappa shape index (κ3) is 2.96. The number of hydrogen-bond acceptors (Lipinski definition) is 3. The Morgan fingerprint density at radius 1 is 1.47 bits per heavy atom. The van der Waals surface area contributed by atoms with E-state index in [1.807, 2.05) is 42.7 Å². The van der Waals surface area contributed by atoms with E-state index < -0.39 is 0 Å². The van der Waals surface area contributed by atoms with Crippen LogP contribution in [-0.4, -0.2) is 15.7 Å². The van der Waals surface area contributed by atoms with Crippen LogP contribution in [0.2, 0.25) is 0 Å². The Morgan fingerprint density at radius 3 is 2.95 bits per heavy atom. The van der Waals surface area contributed by atoms with E-state index in [0.717, 1.165) is 17.0 Å². The Morgan fingerprint density at radius 2 is 2.26 bits per heavy atom. The van der Waals surface area contributed by atoms with Gasteiger partial charge >= 0.3 is 0 Å². The zero-order chi connectivity index (χ0) is 13.8. The van der Waals surface area contributed by atoms with E-state index in [1.54, 1.807) is 12.4 Å². The second kappa shape index (κ2) is 5.61. The highest BCUT2D eigenvalue weighted by Gasteiger charge is 2.10. The van der Waals surface area contributed by atoms with Gasteiger partial charge in [-0.3, -0.25) is 0 Å². The van der Waals surface area contributed by atoms with Crippen LogP contribution in [0.15, 0.2) is 43.2 Å². The van der Waals surface area contributed by atoms with Crippen LogP contribution in [-0.2, 0) is 6.54 Å². The number of aromatic nitrogens is 2. The average Bonchev–Trinajstić information content (AvgIpc) is 2.71. The number of nitrogens with zero attached hydrogens (tertiary/aromatic N) is 2. The quantitative estimate of drug-likeness (QED) is 0.837. The van der Waals surface area contributed by atoms with Gasteiger partial charge in [-0.25, -0.2) is 4.98 Å². The fourth-order valence-electron chi connectivity index (χ4n) is 1.89. The van der Waals surface area contributed by atoms with Crippen molar-refractivity contribution in [2.45, 2.75) is 26.5 Å². The van der Waals surface area contributed by atoms with Crippen LogP contribution in [0.5, 0.6) is 5.75 Å². The Hall–Kier alpha value is -2.23. The summed E-state index contributed by atoms with van der Waals surface area (Å²) in [4.78, 5) is 4.36. The minimum absolute atomic E-state index is 0.144. The summed E-state index contributed by atoms with van der Waals surface area (Å²) in [6.45, 7) is 8.36. The maximum atomic E-state index is 6.08. The average molecular weight is 257 g/mol. The molecule has 1 aromatic carbocycles. The minimum atomic E-state index is 0.144. The highest BCUT2D eigenvalue weighted by atomic mass is 16.5. The molecule has 0 radical (unpaired) electrons. The normalized spacial score (nSPS) is 10.7. The first kappa shape index (κ1) is 13.2. The molecule has 0 unspecified atom stereocenters. The molecule has 0 saturated carbocycles. The fraction of sp³-hybridized carbons (Fsp3) is 0.267. The molecule has 0 atom stereocenters. The molecule has 0 aliphatic heterocycles. The summed E-state index contributed by atoms with van der Waals surface area (Å²) in [6.07, 6.45) is 3.66. The first-order valence-electron chi connectivity index (χ1n) is 6.30. The van der Waals surface area contributed by atoms with Gasteiger partial charge in [-0.15, -0.1) is 6.58 Å². The fourth-order valence-corrected chi connectivity index (χ4v) is 1.89. The third-order valence-corrected chi connectivity index (χ3v) is 2.68. The molecule has 19 heavy (non-hydrogen) atoms. The molecule has 100 valence electrons. The van der Waals surface area contributed by atoms with Crippen LogP contribution >= 0.6 is 0 Å². The maximum Gasteiger partial charge on any atom is 0.131 e. The van der Waals surface area contributed by atoms with Gasteiger partial charge < -0.3 is 15.0 Å². The molecule has 0 fully saturated rings. The first-order valence-corrected chi connectivity index (χ1v) is 6.30. The predicted molar refractivity (Wildman–Crippen MR) is 78.0 cm³/mol. The summed E-state index contributed by atoms with van der Waals surface area (Å²) < 4.78 is 7.54. The summed E-state index contributed by atoms with van der Waals surface area (Å²) in [7, 11) is 0. The van der Waals surface area contributed by atoms with Crippen LogP contribution in [0.1, 0.15) is 13.8 Å². The van der Waals surface area contributed by atoms with Gasteiger partial charge in [-0.2, -0.15) is 0 Å². The Bertz CT molecular complexity index is 573. The molecule has 0 amide bonds. The smallest absolute Gasteiger partial charge is 0.131 e. The number of benzene rings is 1. The van der Waals surface area contributed by atoms with Crippen molar-refractivity contribution in [1.82, 2.24) is 9.55 Å². The molecule has 2 N–H and O–H groups in total. The lowest BCUT2D eigenvalue weighted by molar-refractivity contribution is 0.242. The largest absolute Gasteiger partial charge is 0.491 e. The van der Waals surface area contributed by atoms with E-state index in [1.165, 1.54) is 0 Å². The van der Waals surface area contributed by atoms with Gasteiger partial charge in [-0.05, 0) is 26.0 Å². The molecular weight excluding hydrogens is 238 g/mol. The van der Waals surface area contributed by atoms with E-state index >= 15 is 0 Å². The Kier molecular flexibility index (Phi) is 3.90. The van der Waals surface area contributed by atoms with Crippen LogP contribution in [0.25, 0.3) is 11.3 Å². The van der Waals surface area contributed by atoms with E-state index in [0.29, 0.717) is 12.4 Å². The van der Waals surface area contributed by atoms with Gasteiger partial charge in [0.05, 0.1) is 12.4 Å². The zero-order valence-corrected chi connectivity index (χ0v) is 11.3. The molecule has 0 saturated heterocycles. The van der Waals surface area contributed by atoms with E-state index in [2.05, 4.69) is 11.6 Å². The topological polar surface area (TPSA) is 53.1 Å². The summed E-state index contributed by atoms with van der Waals surface area (Å²) in [5.74, 6) is 1.46. The molecular formula is C15H19N3O. The Balaban J connectivity index is 2.33. The standard InChI is InChI=1S/C15H19N3O/c1-4-8-18-10-17-14(15(18)16)12-6-5-7-13(9-12)19-11(2)3/h4-7,9-11H,1,8,16H2,2-3H3. The van der Waals surface area contributed by atoms with Crippen LogP contribution in [0, 0.1) is 0 Å². The van der Waals surface area contributed by atoms with Gasteiger partial charge in [-0.1, -0.05) is 18.2 Å². The summed E-state index contributed by atoms with van der Waals surface area (Å²) in [5, 5.41) is 0. The number of allylic oxidation sites excluding steroid dienone is 1. The molecule has 0 bridgehead atoms.